The predicted molar refractivity (Wildman–Crippen MR) is 84.7 cm³/mol. The molecule has 1 N–H and O–H groups in total. The van der Waals surface area contributed by atoms with E-state index in [1.807, 2.05) is 0 Å². The number of rotatable bonds is 7. The molecule has 1 aromatic rings. The summed E-state index contributed by atoms with van der Waals surface area (Å²) in [6.07, 6.45) is 2.12. The molecule has 0 radical (unpaired) electrons. The van der Waals surface area contributed by atoms with Crippen molar-refractivity contribution < 1.29 is 24.2 Å². The molecule has 23 heavy (non-hydrogen) atoms. The summed E-state index contributed by atoms with van der Waals surface area (Å²) < 4.78 is 10.6. The number of methoxy groups -OCH3 is 1. The summed E-state index contributed by atoms with van der Waals surface area (Å²) in [5.41, 5.74) is 0.528. The summed E-state index contributed by atoms with van der Waals surface area (Å²) in [6, 6.07) is 7.02. The summed E-state index contributed by atoms with van der Waals surface area (Å²) in [4.78, 5) is 25.3. The molecule has 1 aromatic carbocycles. The summed E-state index contributed by atoms with van der Waals surface area (Å²) in [6.45, 7) is 2.02. The fourth-order valence-electron chi connectivity index (χ4n) is 2.66. The molecule has 0 unspecified atom stereocenters. The lowest BCUT2D eigenvalue weighted by atomic mass is 9.97. The molecule has 6 nitrogen and oxygen atoms in total. The summed E-state index contributed by atoms with van der Waals surface area (Å²) >= 11 is 0. The van der Waals surface area contributed by atoms with Crippen molar-refractivity contribution in [2.75, 3.05) is 33.4 Å². The molecule has 6 heteroatoms. The third-order valence-electron chi connectivity index (χ3n) is 3.90. The highest BCUT2D eigenvalue weighted by molar-refractivity contribution is 5.95. The zero-order valence-corrected chi connectivity index (χ0v) is 13.4. The maximum atomic E-state index is 12.6. The number of aliphatic carboxylic acids is 1. The minimum absolute atomic E-state index is 0.140. The third kappa shape index (κ3) is 4.96. The molecule has 1 saturated heterocycles. The Kier molecular flexibility index (Phi) is 6.40. The van der Waals surface area contributed by atoms with Gasteiger partial charge in [-0.25, -0.2) is 0 Å². The van der Waals surface area contributed by atoms with Crippen LogP contribution in [0, 0.1) is 5.92 Å². The minimum atomic E-state index is -0.835. The topological polar surface area (TPSA) is 76.1 Å². The number of carboxylic acids is 1. The summed E-state index contributed by atoms with van der Waals surface area (Å²) in [7, 11) is 1.64. The molecule has 1 amide bonds. The molecule has 1 atom stereocenters. The van der Waals surface area contributed by atoms with Gasteiger partial charge in [0.15, 0.2) is 0 Å². The van der Waals surface area contributed by atoms with E-state index in [2.05, 4.69) is 0 Å². The highest BCUT2D eigenvalue weighted by Gasteiger charge is 2.28. The second-order valence-corrected chi connectivity index (χ2v) is 5.65. The molecular weight excluding hydrogens is 298 g/mol. The zero-order valence-electron chi connectivity index (χ0n) is 13.4. The number of amides is 1. The Morgan fingerprint density at radius 2 is 2.17 bits per heavy atom. The summed E-state index contributed by atoms with van der Waals surface area (Å²) in [5, 5.41) is 9.13. The van der Waals surface area contributed by atoms with Gasteiger partial charge in [0.05, 0.1) is 12.5 Å². The number of hydrogen-bond acceptors (Lipinski definition) is 4. The minimum Gasteiger partial charge on any atom is -0.493 e. The van der Waals surface area contributed by atoms with E-state index < -0.39 is 11.9 Å². The Morgan fingerprint density at radius 1 is 1.35 bits per heavy atom. The number of ether oxygens (including phenoxy) is 2. The van der Waals surface area contributed by atoms with Crippen molar-refractivity contribution >= 4 is 11.9 Å². The van der Waals surface area contributed by atoms with Crippen molar-refractivity contribution in [3.05, 3.63) is 29.8 Å². The molecule has 1 aliphatic rings. The Hall–Kier alpha value is -2.08. The standard InChI is InChI=1S/C17H23NO5/c1-22-9-4-10-23-15-7-2-5-13(11-15)16(19)18-8-3-6-14(12-18)17(20)21/h2,5,7,11,14H,3-4,6,8-10,12H2,1H3,(H,20,21)/t14-/m0/s1. The highest BCUT2D eigenvalue weighted by atomic mass is 16.5. The van der Waals surface area contributed by atoms with Gasteiger partial charge in [0.2, 0.25) is 0 Å². The van der Waals surface area contributed by atoms with Gasteiger partial charge in [0, 0.05) is 38.8 Å². The molecule has 1 aliphatic heterocycles. The number of carbonyl (C=O) groups is 2. The first kappa shape index (κ1) is 17.3. The smallest absolute Gasteiger partial charge is 0.308 e. The van der Waals surface area contributed by atoms with Crippen molar-refractivity contribution in [1.82, 2.24) is 4.90 Å². The molecule has 0 bridgehead atoms. The van der Waals surface area contributed by atoms with Crippen LogP contribution in [0.1, 0.15) is 29.6 Å². The van der Waals surface area contributed by atoms with Crippen LogP contribution in [0.5, 0.6) is 5.75 Å². The molecule has 0 saturated carbocycles. The van der Waals surface area contributed by atoms with Gasteiger partial charge in [-0.1, -0.05) is 6.07 Å². The first-order valence-corrected chi connectivity index (χ1v) is 7.85. The van der Waals surface area contributed by atoms with Gasteiger partial charge in [0.25, 0.3) is 5.91 Å². The van der Waals surface area contributed by atoms with Gasteiger partial charge >= 0.3 is 5.97 Å². The predicted octanol–water partition coefficient (Wildman–Crippen LogP) is 2.04. The average molecular weight is 321 g/mol. The SMILES string of the molecule is COCCCOc1cccc(C(=O)N2CCC[C@H](C(=O)O)C2)c1. The zero-order chi connectivity index (χ0) is 16.7. The van der Waals surface area contributed by atoms with Gasteiger partial charge in [-0.15, -0.1) is 0 Å². The number of benzene rings is 1. The Balaban J connectivity index is 1.97. The number of piperidine rings is 1. The van der Waals surface area contributed by atoms with Crippen molar-refractivity contribution in [1.29, 1.82) is 0 Å². The maximum absolute atomic E-state index is 12.6. The Bertz CT molecular complexity index is 546. The van der Waals surface area contributed by atoms with E-state index in [1.165, 1.54) is 0 Å². The molecule has 2 rings (SSSR count). The molecule has 0 aromatic heterocycles. The van der Waals surface area contributed by atoms with Crippen molar-refractivity contribution in [2.45, 2.75) is 19.3 Å². The van der Waals surface area contributed by atoms with Crippen LogP contribution in [-0.4, -0.2) is 55.3 Å². The van der Waals surface area contributed by atoms with Gasteiger partial charge in [-0.3, -0.25) is 9.59 Å². The van der Waals surface area contributed by atoms with E-state index >= 15 is 0 Å². The number of hydrogen-bond donors (Lipinski definition) is 1. The van der Waals surface area contributed by atoms with Crippen molar-refractivity contribution in [3.63, 3.8) is 0 Å². The van der Waals surface area contributed by atoms with E-state index in [9.17, 15) is 9.59 Å². The Labute approximate surface area is 136 Å². The van der Waals surface area contributed by atoms with E-state index in [-0.39, 0.29) is 12.5 Å². The van der Waals surface area contributed by atoms with Crippen LogP contribution < -0.4 is 4.74 Å². The van der Waals surface area contributed by atoms with Crippen molar-refractivity contribution in [2.24, 2.45) is 5.92 Å². The van der Waals surface area contributed by atoms with Crippen LogP contribution in [0.2, 0.25) is 0 Å². The molecule has 1 fully saturated rings. The fraction of sp³-hybridized carbons (Fsp3) is 0.529. The van der Waals surface area contributed by atoms with E-state index in [0.717, 1.165) is 12.8 Å². The number of carboxylic acid groups (broad SMARTS) is 1. The Morgan fingerprint density at radius 3 is 2.91 bits per heavy atom. The van der Waals surface area contributed by atoms with Crippen LogP contribution in [0.15, 0.2) is 24.3 Å². The average Bonchev–Trinajstić information content (AvgIpc) is 2.58. The maximum Gasteiger partial charge on any atom is 0.308 e. The molecular formula is C17H23NO5. The third-order valence-corrected chi connectivity index (χ3v) is 3.90. The first-order valence-electron chi connectivity index (χ1n) is 7.85. The molecule has 1 heterocycles. The normalized spacial score (nSPS) is 17.8. The second kappa shape index (κ2) is 8.53. The van der Waals surface area contributed by atoms with Gasteiger partial charge in [-0.05, 0) is 31.0 Å². The van der Waals surface area contributed by atoms with Crippen LogP contribution in [-0.2, 0) is 9.53 Å². The molecule has 0 spiro atoms. The van der Waals surface area contributed by atoms with Crippen LogP contribution in [0.25, 0.3) is 0 Å². The first-order chi connectivity index (χ1) is 11.1. The van der Waals surface area contributed by atoms with Gasteiger partial charge in [0.1, 0.15) is 5.75 Å². The van der Waals surface area contributed by atoms with Gasteiger partial charge in [-0.2, -0.15) is 0 Å². The number of nitrogens with zero attached hydrogens (tertiary/aromatic N) is 1. The lowest BCUT2D eigenvalue weighted by Gasteiger charge is -2.30. The van der Waals surface area contributed by atoms with Crippen LogP contribution >= 0.6 is 0 Å². The molecule has 126 valence electrons. The second-order valence-electron chi connectivity index (χ2n) is 5.65. The van der Waals surface area contributed by atoms with E-state index in [4.69, 9.17) is 14.6 Å². The lowest BCUT2D eigenvalue weighted by molar-refractivity contribution is -0.143. The monoisotopic (exact) mass is 321 g/mol. The van der Waals surface area contributed by atoms with E-state index in [1.54, 1.807) is 36.3 Å². The number of likely N-dealkylation sites (tertiary alicyclic amines) is 1. The lowest BCUT2D eigenvalue weighted by Crippen LogP contribution is -2.42. The molecule has 0 aliphatic carbocycles. The van der Waals surface area contributed by atoms with Crippen LogP contribution in [0.4, 0.5) is 0 Å². The highest BCUT2D eigenvalue weighted by Crippen LogP contribution is 2.21. The quantitative estimate of drug-likeness (QED) is 0.778. The van der Waals surface area contributed by atoms with Crippen LogP contribution in [0.3, 0.4) is 0 Å². The van der Waals surface area contributed by atoms with Gasteiger partial charge < -0.3 is 19.5 Å². The number of carbonyl (C=O) groups excluding carboxylic acids is 1. The van der Waals surface area contributed by atoms with E-state index in [0.29, 0.717) is 37.5 Å². The fourth-order valence-corrected chi connectivity index (χ4v) is 2.66. The largest absolute Gasteiger partial charge is 0.493 e. The van der Waals surface area contributed by atoms with Crippen molar-refractivity contribution in [3.8, 4) is 5.75 Å². The summed E-state index contributed by atoms with van der Waals surface area (Å²) in [5.74, 6) is -0.809.